The van der Waals surface area contributed by atoms with E-state index in [9.17, 15) is 14.4 Å². The first-order valence-corrected chi connectivity index (χ1v) is 11.3. The molecule has 1 unspecified atom stereocenters. The highest BCUT2D eigenvalue weighted by Gasteiger charge is 2.31. The number of hydrogen-bond acceptors (Lipinski definition) is 3. The summed E-state index contributed by atoms with van der Waals surface area (Å²) in [7, 11) is 0. The van der Waals surface area contributed by atoms with Crippen molar-refractivity contribution < 1.29 is 14.4 Å². The van der Waals surface area contributed by atoms with Crippen LogP contribution in [0.5, 0.6) is 0 Å². The predicted molar refractivity (Wildman–Crippen MR) is 127 cm³/mol. The van der Waals surface area contributed by atoms with Gasteiger partial charge in [0.05, 0.1) is 0 Å². The molecule has 0 spiro atoms. The molecular weight excluding hydrogens is 426 g/mol. The normalized spacial score (nSPS) is 19.1. The Morgan fingerprint density at radius 1 is 0.969 bits per heavy atom. The van der Waals surface area contributed by atoms with Crippen LogP contribution in [0.1, 0.15) is 31.2 Å². The van der Waals surface area contributed by atoms with Crippen molar-refractivity contribution in [1.29, 1.82) is 0 Å². The molecule has 6 nitrogen and oxygen atoms in total. The predicted octanol–water partition coefficient (Wildman–Crippen LogP) is 4.04. The third kappa shape index (κ3) is 5.37. The minimum Gasteiger partial charge on any atom is -0.352 e. The van der Waals surface area contributed by atoms with Crippen LogP contribution < -0.4 is 15.1 Å². The lowest BCUT2D eigenvalue weighted by Gasteiger charge is -2.27. The zero-order valence-corrected chi connectivity index (χ0v) is 18.6. The van der Waals surface area contributed by atoms with Gasteiger partial charge in [-0.2, -0.15) is 0 Å². The van der Waals surface area contributed by atoms with Gasteiger partial charge in [0, 0.05) is 60.9 Å². The lowest BCUT2D eigenvalue weighted by Crippen LogP contribution is -2.35. The van der Waals surface area contributed by atoms with Crippen molar-refractivity contribution in [2.45, 2.75) is 25.7 Å². The summed E-state index contributed by atoms with van der Waals surface area (Å²) in [5, 5.41) is 3.53. The standard InChI is InChI=1S/C25H26ClN3O3/c26-20-7-4-18(5-8-20)6-13-23(30)27-16-19-15-25(32)29(17-19)22-11-9-21(10-12-22)28-14-2-1-3-24(28)31/h4-13,19H,1-3,14-17H2,(H,27,30)/b13-6+. The second-order valence-electron chi connectivity index (χ2n) is 8.22. The van der Waals surface area contributed by atoms with Crippen LogP contribution in [-0.4, -0.2) is 37.4 Å². The minimum atomic E-state index is -0.193. The monoisotopic (exact) mass is 451 g/mol. The highest BCUT2D eigenvalue weighted by Crippen LogP contribution is 2.28. The van der Waals surface area contributed by atoms with Crippen molar-refractivity contribution in [3.8, 4) is 0 Å². The molecule has 0 bridgehead atoms. The third-order valence-corrected chi connectivity index (χ3v) is 6.12. The third-order valence-electron chi connectivity index (χ3n) is 5.86. The van der Waals surface area contributed by atoms with Gasteiger partial charge >= 0.3 is 0 Å². The first kappa shape index (κ1) is 22.1. The summed E-state index contributed by atoms with van der Waals surface area (Å²) < 4.78 is 0. The van der Waals surface area contributed by atoms with E-state index < -0.39 is 0 Å². The zero-order valence-electron chi connectivity index (χ0n) is 17.8. The number of anilines is 2. The molecule has 1 atom stereocenters. The van der Waals surface area contributed by atoms with Gasteiger partial charge in [0.2, 0.25) is 17.7 Å². The Balaban J connectivity index is 1.29. The Morgan fingerprint density at radius 3 is 2.34 bits per heavy atom. The van der Waals surface area contributed by atoms with Crippen LogP contribution in [0.3, 0.4) is 0 Å². The number of piperidine rings is 1. The highest BCUT2D eigenvalue weighted by atomic mass is 35.5. The molecule has 2 aliphatic heterocycles. The van der Waals surface area contributed by atoms with Gasteiger partial charge in [-0.15, -0.1) is 0 Å². The number of hydrogen-bond donors (Lipinski definition) is 1. The molecule has 0 saturated carbocycles. The molecule has 4 rings (SSSR count). The van der Waals surface area contributed by atoms with Crippen molar-refractivity contribution in [2.75, 3.05) is 29.4 Å². The van der Waals surface area contributed by atoms with Crippen LogP contribution in [0, 0.1) is 5.92 Å². The average Bonchev–Trinajstić information content (AvgIpc) is 3.18. The zero-order chi connectivity index (χ0) is 22.5. The molecule has 166 valence electrons. The van der Waals surface area contributed by atoms with E-state index in [2.05, 4.69) is 5.32 Å². The van der Waals surface area contributed by atoms with Gasteiger partial charge in [-0.25, -0.2) is 0 Å². The van der Waals surface area contributed by atoms with Crippen LogP contribution in [0.25, 0.3) is 6.08 Å². The topological polar surface area (TPSA) is 69.7 Å². The number of carbonyl (C=O) groups excluding carboxylic acids is 3. The largest absolute Gasteiger partial charge is 0.352 e. The first-order chi connectivity index (χ1) is 15.5. The van der Waals surface area contributed by atoms with E-state index in [4.69, 9.17) is 11.6 Å². The van der Waals surface area contributed by atoms with Crippen molar-refractivity contribution in [2.24, 2.45) is 5.92 Å². The van der Waals surface area contributed by atoms with Crippen LogP contribution >= 0.6 is 11.6 Å². The Bertz CT molecular complexity index is 1020. The summed E-state index contributed by atoms with van der Waals surface area (Å²) >= 11 is 5.86. The van der Waals surface area contributed by atoms with Crippen LogP contribution in [0.2, 0.25) is 5.02 Å². The fourth-order valence-electron chi connectivity index (χ4n) is 4.11. The van der Waals surface area contributed by atoms with Gasteiger partial charge < -0.3 is 15.1 Å². The lowest BCUT2D eigenvalue weighted by atomic mass is 10.1. The summed E-state index contributed by atoms with van der Waals surface area (Å²) in [4.78, 5) is 40.3. The minimum absolute atomic E-state index is 0.0442. The van der Waals surface area contributed by atoms with Gasteiger partial charge in [0.1, 0.15) is 0 Å². The number of carbonyl (C=O) groups is 3. The number of benzene rings is 2. The van der Waals surface area contributed by atoms with E-state index in [-0.39, 0.29) is 23.6 Å². The average molecular weight is 452 g/mol. The van der Waals surface area contributed by atoms with E-state index in [1.165, 1.54) is 6.08 Å². The fraction of sp³-hybridized carbons (Fsp3) is 0.320. The number of amides is 3. The maximum atomic E-state index is 12.5. The Kier molecular flexibility index (Phi) is 6.90. The van der Waals surface area contributed by atoms with Crippen LogP contribution in [-0.2, 0) is 14.4 Å². The number of nitrogens with zero attached hydrogens (tertiary/aromatic N) is 2. The first-order valence-electron chi connectivity index (χ1n) is 10.9. The van der Waals surface area contributed by atoms with Gasteiger partial charge in [-0.05, 0) is 60.9 Å². The smallest absolute Gasteiger partial charge is 0.244 e. The number of halogens is 1. The maximum absolute atomic E-state index is 12.5. The van der Waals surface area contributed by atoms with E-state index in [1.807, 2.05) is 41.3 Å². The summed E-state index contributed by atoms with van der Waals surface area (Å²) in [6.07, 6.45) is 6.16. The molecule has 0 aliphatic carbocycles. The Morgan fingerprint density at radius 2 is 1.66 bits per heavy atom. The molecule has 0 radical (unpaired) electrons. The molecule has 7 heteroatoms. The fourth-order valence-corrected chi connectivity index (χ4v) is 4.23. The molecule has 1 N–H and O–H groups in total. The molecule has 32 heavy (non-hydrogen) atoms. The molecule has 2 aromatic carbocycles. The van der Waals surface area contributed by atoms with E-state index in [1.54, 1.807) is 23.1 Å². The van der Waals surface area contributed by atoms with Gasteiger partial charge in [-0.3, -0.25) is 14.4 Å². The van der Waals surface area contributed by atoms with Crippen LogP contribution in [0.15, 0.2) is 54.6 Å². The molecule has 0 aromatic heterocycles. The molecular formula is C25H26ClN3O3. The van der Waals surface area contributed by atoms with Gasteiger partial charge in [0.15, 0.2) is 0 Å². The molecule has 2 heterocycles. The number of nitrogens with one attached hydrogen (secondary N) is 1. The second-order valence-corrected chi connectivity index (χ2v) is 8.66. The summed E-state index contributed by atoms with van der Waals surface area (Å²) in [5.41, 5.74) is 2.59. The maximum Gasteiger partial charge on any atom is 0.244 e. The van der Waals surface area contributed by atoms with Gasteiger partial charge in [-0.1, -0.05) is 23.7 Å². The summed E-state index contributed by atoms with van der Waals surface area (Å²) in [5.74, 6) is 0.0602. The van der Waals surface area contributed by atoms with Crippen molar-refractivity contribution in [3.05, 3.63) is 65.2 Å². The molecule has 2 fully saturated rings. The van der Waals surface area contributed by atoms with Crippen molar-refractivity contribution in [3.63, 3.8) is 0 Å². The number of rotatable bonds is 6. The SMILES string of the molecule is O=C(/C=C/c1ccc(Cl)cc1)NCC1CC(=O)N(c2ccc(N3CCCCC3=O)cc2)C1. The second kappa shape index (κ2) is 10.0. The Hall–Kier alpha value is -3.12. The van der Waals surface area contributed by atoms with E-state index >= 15 is 0 Å². The molecule has 2 aliphatic rings. The summed E-state index contributed by atoms with van der Waals surface area (Å²) in [6, 6.07) is 14.8. The van der Waals surface area contributed by atoms with Crippen molar-refractivity contribution in [1.82, 2.24) is 5.32 Å². The van der Waals surface area contributed by atoms with Crippen molar-refractivity contribution >= 4 is 46.8 Å². The lowest BCUT2D eigenvalue weighted by molar-refractivity contribution is -0.119. The summed E-state index contributed by atoms with van der Waals surface area (Å²) in [6.45, 7) is 1.74. The van der Waals surface area contributed by atoms with E-state index in [0.29, 0.717) is 31.0 Å². The molecule has 2 saturated heterocycles. The van der Waals surface area contributed by atoms with E-state index in [0.717, 1.165) is 36.3 Å². The Labute approximate surface area is 192 Å². The van der Waals surface area contributed by atoms with Gasteiger partial charge in [0.25, 0.3) is 0 Å². The quantitative estimate of drug-likeness (QED) is 0.674. The molecule has 2 aromatic rings. The molecule has 3 amide bonds. The highest BCUT2D eigenvalue weighted by molar-refractivity contribution is 6.30. The van der Waals surface area contributed by atoms with Crippen LogP contribution in [0.4, 0.5) is 11.4 Å².